The molecule has 0 saturated heterocycles. The summed E-state index contributed by atoms with van der Waals surface area (Å²) in [6.07, 6.45) is 1.29. The van der Waals surface area contributed by atoms with Crippen LogP contribution in [0.25, 0.3) is 10.9 Å². The van der Waals surface area contributed by atoms with Gasteiger partial charge in [0.05, 0.1) is 5.52 Å². The quantitative estimate of drug-likeness (QED) is 0.755. The molecular weight excluding hydrogens is 198 g/mol. The first-order valence-corrected chi connectivity index (χ1v) is 4.80. The van der Waals surface area contributed by atoms with Crippen molar-refractivity contribution in [2.75, 3.05) is 0 Å². The summed E-state index contributed by atoms with van der Waals surface area (Å²) in [5.74, 6) is 0. The minimum atomic E-state index is 0.407. The van der Waals surface area contributed by atoms with E-state index in [0.29, 0.717) is 6.42 Å². The van der Waals surface area contributed by atoms with Gasteiger partial charge in [0.2, 0.25) is 0 Å². The second kappa shape index (κ2) is 3.46. The van der Waals surface area contributed by atoms with Gasteiger partial charge in [-0.25, -0.2) is 0 Å². The van der Waals surface area contributed by atoms with Crippen LogP contribution in [-0.4, -0.2) is 11.3 Å². The number of hydrogen-bond donors (Lipinski definition) is 1. The maximum Gasteiger partial charge on any atom is 0.125 e. The fourth-order valence-corrected chi connectivity index (χ4v) is 1.79. The lowest BCUT2D eigenvalue weighted by Gasteiger charge is -1.96. The highest BCUT2D eigenvalue weighted by molar-refractivity contribution is 6.35. The van der Waals surface area contributed by atoms with Crippen LogP contribution in [0.4, 0.5) is 0 Å². The zero-order valence-electron chi connectivity index (χ0n) is 7.80. The fraction of sp³-hybridized carbons (Fsp3) is 0.182. The monoisotopic (exact) mass is 207 g/mol. The van der Waals surface area contributed by atoms with E-state index < -0.39 is 0 Å². The predicted octanol–water partition coefficient (Wildman–Crippen LogP) is 2.87. The van der Waals surface area contributed by atoms with Crippen molar-refractivity contribution >= 4 is 28.8 Å². The van der Waals surface area contributed by atoms with Crippen LogP contribution >= 0.6 is 11.6 Å². The van der Waals surface area contributed by atoms with E-state index in [-0.39, 0.29) is 0 Å². The van der Waals surface area contributed by atoms with Gasteiger partial charge in [0.1, 0.15) is 6.29 Å². The Balaban J connectivity index is 2.68. The molecule has 1 aromatic carbocycles. The number of nitrogens with one attached hydrogen (secondary N) is 1. The second-order valence-corrected chi connectivity index (χ2v) is 3.73. The Labute approximate surface area is 86.9 Å². The first-order valence-electron chi connectivity index (χ1n) is 4.42. The lowest BCUT2D eigenvalue weighted by atomic mass is 10.1. The van der Waals surface area contributed by atoms with Crippen molar-refractivity contribution < 1.29 is 4.79 Å². The molecule has 0 radical (unpaired) electrons. The highest BCUT2D eigenvalue weighted by atomic mass is 35.5. The zero-order valence-corrected chi connectivity index (χ0v) is 8.56. The smallest absolute Gasteiger partial charge is 0.125 e. The highest BCUT2D eigenvalue weighted by Crippen LogP contribution is 2.26. The van der Waals surface area contributed by atoms with Gasteiger partial charge in [0.25, 0.3) is 0 Å². The van der Waals surface area contributed by atoms with Crippen molar-refractivity contribution in [3.05, 3.63) is 34.5 Å². The van der Waals surface area contributed by atoms with E-state index in [1.54, 1.807) is 0 Å². The predicted molar refractivity (Wildman–Crippen MR) is 57.8 cm³/mol. The molecule has 0 unspecified atom stereocenters. The number of halogens is 1. The Morgan fingerprint density at radius 3 is 2.93 bits per heavy atom. The fourth-order valence-electron chi connectivity index (χ4n) is 1.58. The maximum atomic E-state index is 10.4. The van der Waals surface area contributed by atoms with Crippen molar-refractivity contribution in [2.24, 2.45) is 0 Å². The molecule has 0 bridgehead atoms. The van der Waals surface area contributed by atoms with Gasteiger partial charge in [0, 0.05) is 22.5 Å². The number of carbonyl (C=O) groups excluding carboxylic acids is 1. The first kappa shape index (κ1) is 9.28. The number of aromatic amines is 1. The summed E-state index contributed by atoms with van der Waals surface area (Å²) in [6.45, 7) is 2.01. The molecule has 0 atom stereocenters. The molecule has 1 N–H and O–H groups in total. The average molecular weight is 208 g/mol. The number of fused-ring (bicyclic) bond motifs is 1. The number of H-pyrrole nitrogens is 1. The van der Waals surface area contributed by atoms with Crippen LogP contribution in [0.1, 0.15) is 11.3 Å². The molecule has 2 aromatic rings. The lowest BCUT2D eigenvalue weighted by molar-refractivity contribution is -0.107. The van der Waals surface area contributed by atoms with E-state index in [1.807, 2.05) is 25.1 Å². The summed E-state index contributed by atoms with van der Waals surface area (Å²) in [5.41, 5.74) is 3.07. The summed E-state index contributed by atoms with van der Waals surface area (Å²) >= 11 is 6.03. The van der Waals surface area contributed by atoms with Gasteiger partial charge in [-0.05, 0) is 24.6 Å². The normalized spacial score (nSPS) is 10.7. The number of aromatic nitrogens is 1. The number of aldehydes is 1. The Morgan fingerprint density at radius 1 is 1.50 bits per heavy atom. The van der Waals surface area contributed by atoms with Crippen LogP contribution in [0, 0.1) is 6.92 Å². The van der Waals surface area contributed by atoms with Gasteiger partial charge in [0.15, 0.2) is 0 Å². The summed E-state index contributed by atoms with van der Waals surface area (Å²) in [7, 11) is 0. The van der Waals surface area contributed by atoms with Crippen LogP contribution in [0.2, 0.25) is 5.02 Å². The molecule has 0 amide bonds. The number of hydrogen-bond acceptors (Lipinski definition) is 1. The van der Waals surface area contributed by atoms with Crippen molar-refractivity contribution in [3.63, 3.8) is 0 Å². The molecule has 14 heavy (non-hydrogen) atoms. The molecular formula is C11H10ClNO. The van der Waals surface area contributed by atoms with Gasteiger partial charge in [-0.3, -0.25) is 0 Å². The minimum absolute atomic E-state index is 0.407. The third kappa shape index (κ3) is 1.42. The largest absolute Gasteiger partial charge is 0.358 e. The number of rotatable bonds is 2. The Hall–Kier alpha value is -1.28. The van der Waals surface area contributed by atoms with Gasteiger partial charge >= 0.3 is 0 Å². The van der Waals surface area contributed by atoms with Crippen LogP contribution in [-0.2, 0) is 11.2 Å². The molecule has 2 nitrogen and oxygen atoms in total. The summed E-state index contributed by atoms with van der Waals surface area (Å²) in [6, 6.07) is 5.77. The van der Waals surface area contributed by atoms with Crippen molar-refractivity contribution in [3.8, 4) is 0 Å². The summed E-state index contributed by atoms with van der Waals surface area (Å²) in [4.78, 5) is 13.6. The van der Waals surface area contributed by atoms with Gasteiger partial charge in [-0.1, -0.05) is 17.7 Å². The van der Waals surface area contributed by atoms with Crippen LogP contribution in [0.15, 0.2) is 18.2 Å². The minimum Gasteiger partial charge on any atom is -0.358 e. The van der Waals surface area contributed by atoms with E-state index >= 15 is 0 Å². The summed E-state index contributed by atoms with van der Waals surface area (Å²) < 4.78 is 0. The van der Waals surface area contributed by atoms with E-state index in [4.69, 9.17) is 11.6 Å². The lowest BCUT2D eigenvalue weighted by Crippen LogP contribution is -1.84. The molecule has 0 fully saturated rings. The SMILES string of the molecule is Cc1ccc(Cl)c2cc(CC=O)[nH]c12. The van der Waals surface area contributed by atoms with E-state index in [2.05, 4.69) is 4.98 Å². The molecule has 3 heteroatoms. The molecule has 2 rings (SSSR count). The molecule has 1 aromatic heterocycles. The average Bonchev–Trinajstić information content (AvgIpc) is 2.57. The van der Waals surface area contributed by atoms with Crippen LogP contribution in [0.3, 0.4) is 0 Å². The molecule has 1 heterocycles. The van der Waals surface area contributed by atoms with Gasteiger partial charge in [-0.2, -0.15) is 0 Å². The molecule has 0 spiro atoms. The van der Waals surface area contributed by atoms with E-state index in [0.717, 1.165) is 33.5 Å². The number of carbonyl (C=O) groups is 1. The van der Waals surface area contributed by atoms with Crippen molar-refractivity contribution in [1.29, 1.82) is 0 Å². The topological polar surface area (TPSA) is 32.9 Å². The molecule has 0 aliphatic rings. The van der Waals surface area contributed by atoms with Gasteiger partial charge in [-0.15, -0.1) is 0 Å². The van der Waals surface area contributed by atoms with Crippen LogP contribution in [0.5, 0.6) is 0 Å². The Bertz CT molecular complexity index is 448. The third-order valence-electron chi connectivity index (χ3n) is 2.31. The Kier molecular flexibility index (Phi) is 2.30. The van der Waals surface area contributed by atoms with Crippen molar-refractivity contribution in [2.45, 2.75) is 13.3 Å². The summed E-state index contributed by atoms with van der Waals surface area (Å²) in [5, 5.41) is 1.71. The highest BCUT2D eigenvalue weighted by Gasteiger charge is 2.05. The number of benzene rings is 1. The zero-order chi connectivity index (χ0) is 10.1. The standard InChI is InChI=1S/C11H10ClNO/c1-7-2-3-10(12)9-6-8(4-5-14)13-11(7)9/h2-3,5-6,13H,4H2,1H3. The third-order valence-corrected chi connectivity index (χ3v) is 2.64. The van der Waals surface area contributed by atoms with Crippen molar-refractivity contribution in [1.82, 2.24) is 4.98 Å². The molecule has 72 valence electrons. The van der Waals surface area contributed by atoms with Gasteiger partial charge < -0.3 is 9.78 Å². The molecule has 0 aliphatic carbocycles. The van der Waals surface area contributed by atoms with E-state index in [1.165, 1.54) is 0 Å². The van der Waals surface area contributed by atoms with Crippen LogP contribution < -0.4 is 0 Å². The van der Waals surface area contributed by atoms with E-state index in [9.17, 15) is 4.79 Å². The first-order chi connectivity index (χ1) is 6.72. The maximum absolute atomic E-state index is 10.4. The molecule has 0 aliphatic heterocycles. The number of aryl methyl sites for hydroxylation is 1. The Morgan fingerprint density at radius 2 is 2.29 bits per heavy atom. The second-order valence-electron chi connectivity index (χ2n) is 3.32. The molecule has 0 saturated carbocycles.